The topological polar surface area (TPSA) is 47.6 Å². The summed E-state index contributed by atoms with van der Waals surface area (Å²) in [4.78, 5) is 0. The van der Waals surface area contributed by atoms with Gasteiger partial charge in [0.05, 0.1) is 6.07 Å². The maximum atomic E-state index is 8.42. The maximum Gasteiger partial charge on any atom is 0.0944 e. The van der Waals surface area contributed by atoms with Crippen molar-refractivity contribution in [2.75, 3.05) is 0 Å². The Bertz CT molecular complexity index is 275. The van der Waals surface area contributed by atoms with Gasteiger partial charge in [-0.3, -0.25) is 0 Å². The highest BCUT2D eigenvalue weighted by atomic mass is 14.3. The van der Waals surface area contributed by atoms with Gasteiger partial charge in [0.1, 0.15) is 0 Å². The van der Waals surface area contributed by atoms with Crippen LogP contribution in [-0.4, -0.2) is 6.21 Å². The van der Waals surface area contributed by atoms with E-state index >= 15 is 0 Å². The Morgan fingerprint density at radius 2 is 2.00 bits per heavy atom. The summed E-state index contributed by atoms with van der Waals surface area (Å²) < 4.78 is 0. The number of hydrogen-bond acceptors (Lipinski definition) is 2. The van der Waals surface area contributed by atoms with E-state index in [-0.39, 0.29) is 0 Å². The minimum absolute atomic E-state index is 0.678. The van der Waals surface area contributed by atoms with Crippen LogP contribution in [-0.2, 0) is 0 Å². The highest BCUT2D eigenvalue weighted by Crippen LogP contribution is 1.97. The Labute approximate surface area is 73.0 Å². The number of nitriles is 1. The number of hydrogen-bond donors (Lipinski definition) is 1. The van der Waals surface area contributed by atoms with E-state index in [1.807, 2.05) is 25.1 Å². The maximum absolute atomic E-state index is 8.42. The van der Waals surface area contributed by atoms with E-state index in [0.29, 0.717) is 5.57 Å². The first-order chi connectivity index (χ1) is 5.70. The third-order valence-corrected chi connectivity index (χ3v) is 1.23. The summed E-state index contributed by atoms with van der Waals surface area (Å²) in [6.45, 7) is 3.67. The fourth-order valence-corrected chi connectivity index (χ4v) is 0.549. The second-order valence-electron chi connectivity index (χ2n) is 2.40. The Morgan fingerprint density at radius 3 is 2.50 bits per heavy atom. The van der Waals surface area contributed by atoms with Gasteiger partial charge < -0.3 is 5.41 Å². The molecular weight excluding hydrogens is 148 g/mol. The molecule has 0 aromatic rings. The van der Waals surface area contributed by atoms with Crippen LogP contribution in [0.3, 0.4) is 0 Å². The van der Waals surface area contributed by atoms with E-state index < -0.39 is 0 Å². The molecule has 0 aliphatic carbocycles. The Hall–Kier alpha value is -1.62. The molecule has 0 aliphatic rings. The van der Waals surface area contributed by atoms with Crippen molar-refractivity contribution in [2.45, 2.75) is 13.8 Å². The molecule has 0 atom stereocenters. The fourth-order valence-electron chi connectivity index (χ4n) is 0.549. The second kappa shape index (κ2) is 6.11. The molecule has 0 saturated heterocycles. The number of rotatable bonds is 3. The molecule has 0 aromatic heterocycles. The molecule has 0 fully saturated rings. The fraction of sp³-hybridized carbons (Fsp3) is 0.200. The van der Waals surface area contributed by atoms with Crippen LogP contribution in [0.4, 0.5) is 0 Å². The zero-order chi connectivity index (χ0) is 9.40. The Morgan fingerprint density at radius 1 is 1.33 bits per heavy atom. The van der Waals surface area contributed by atoms with Crippen molar-refractivity contribution in [1.82, 2.24) is 0 Å². The lowest BCUT2D eigenvalue weighted by atomic mass is 10.2. The van der Waals surface area contributed by atoms with Gasteiger partial charge in [-0.1, -0.05) is 17.7 Å². The lowest BCUT2D eigenvalue weighted by molar-refractivity contribution is 1.43. The van der Waals surface area contributed by atoms with Crippen molar-refractivity contribution in [3.63, 3.8) is 0 Å². The quantitative estimate of drug-likeness (QED) is 0.385. The SMILES string of the molecule is C\C(C#N)=C/C=C(C)/C=C\C=N. The molecule has 2 heteroatoms. The first-order valence-electron chi connectivity index (χ1n) is 3.63. The van der Waals surface area contributed by atoms with Crippen LogP contribution in [0.1, 0.15) is 13.8 Å². The molecule has 0 radical (unpaired) electrons. The molecule has 0 amide bonds. The third-order valence-electron chi connectivity index (χ3n) is 1.23. The zero-order valence-corrected chi connectivity index (χ0v) is 7.33. The van der Waals surface area contributed by atoms with E-state index in [1.54, 1.807) is 19.1 Å². The van der Waals surface area contributed by atoms with Crippen molar-refractivity contribution < 1.29 is 0 Å². The molecule has 0 spiro atoms. The molecular formula is C10H12N2. The van der Waals surface area contributed by atoms with E-state index in [4.69, 9.17) is 10.7 Å². The Balaban J connectivity index is 4.29. The second-order valence-corrected chi connectivity index (χ2v) is 2.40. The van der Waals surface area contributed by atoms with E-state index in [2.05, 4.69) is 0 Å². The highest BCUT2D eigenvalue weighted by Gasteiger charge is 1.80. The lowest BCUT2D eigenvalue weighted by Crippen LogP contribution is -1.69. The van der Waals surface area contributed by atoms with Gasteiger partial charge in [0.2, 0.25) is 0 Å². The largest absolute Gasteiger partial charge is 0.309 e. The van der Waals surface area contributed by atoms with E-state index in [1.165, 1.54) is 6.21 Å². The molecule has 0 bridgehead atoms. The molecule has 0 aromatic carbocycles. The molecule has 0 aliphatic heterocycles. The van der Waals surface area contributed by atoms with Crippen LogP contribution < -0.4 is 0 Å². The van der Waals surface area contributed by atoms with Gasteiger partial charge in [-0.15, -0.1) is 0 Å². The molecule has 0 rings (SSSR count). The summed E-state index contributed by atoms with van der Waals surface area (Å²) in [5.41, 5.74) is 1.70. The summed E-state index contributed by atoms with van der Waals surface area (Å²) in [6.07, 6.45) is 8.27. The predicted molar refractivity (Wildman–Crippen MR) is 51.1 cm³/mol. The van der Waals surface area contributed by atoms with Crippen LogP contribution in [0.5, 0.6) is 0 Å². The van der Waals surface area contributed by atoms with Gasteiger partial charge in [-0.25, -0.2) is 0 Å². The molecule has 62 valence electrons. The number of allylic oxidation sites excluding steroid dienone is 6. The molecule has 12 heavy (non-hydrogen) atoms. The van der Waals surface area contributed by atoms with Crippen LogP contribution in [0.15, 0.2) is 35.5 Å². The first kappa shape index (κ1) is 10.4. The summed E-state index contributed by atoms with van der Waals surface area (Å²) in [6, 6.07) is 2.02. The zero-order valence-electron chi connectivity index (χ0n) is 7.33. The molecule has 1 N–H and O–H groups in total. The summed E-state index contributed by atoms with van der Waals surface area (Å²) in [7, 11) is 0. The van der Waals surface area contributed by atoms with Crippen molar-refractivity contribution >= 4 is 6.21 Å². The van der Waals surface area contributed by atoms with Gasteiger partial charge in [-0.2, -0.15) is 5.26 Å². The number of nitrogens with zero attached hydrogens (tertiary/aromatic N) is 1. The lowest BCUT2D eigenvalue weighted by Gasteiger charge is -1.86. The monoisotopic (exact) mass is 160 g/mol. The van der Waals surface area contributed by atoms with Gasteiger partial charge in [0.15, 0.2) is 0 Å². The van der Waals surface area contributed by atoms with Crippen LogP contribution in [0.25, 0.3) is 0 Å². The van der Waals surface area contributed by atoms with Crippen molar-refractivity contribution in [3.8, 4) is 6.07 Å². The smallest absolute Gasteiger partial charge is 0.0944 e. The molecule has 0 heterocycles. The third kappa shape index (κ3) is 5.19. The molecule has 0 unspecified atom stereocenters. The van der Waals surface area contributed by atoms with Gasteiger partial charge in [0, 0.05) is 11.8 Å². The van der Waals surface area contributed by atoms with Crippen molar-refractivity contribution in [3.05, 3.63) is 35.5 Å². The Kier molecular flexibility index (Phi) is 5.29. The summed E-state index contributed by atoms with van der Waals surface area (Å²) >= 11 is 0. The van der Waals surface area contributed by atoms with Gasteiger partial charge in [0.25, 0.3) is 0 Å². The van der Waals surface area contributed by atoms with E-state index in [9.17, 15) is 0 Å². The normalized spacial score (nSPS) is 13.1. The average molecular weight is 160 g/mol. The summed E-state index contributed by atoms with van der Waals surface area (Å²) in [5.74, 6) is 0. The van der Waals surface area contributed by atoms with Gasteiger partial charge >= 0.3 is 0 Å². The first-order valence-corrected chi connectivity index (χ1v) is 3.63. The average Bonchev–Trinajstić information content (AvgIpc) is 2.10. The van der Waals surface area contributed by atoms with E-state index in [0.717, 1.165) is 5.57 Å². The standard InChI is InChI=1S/C10H12N2/c1-9(4-3-7-11)5-6-10(2)8-12/h3-7,11H,1-2H3/b4-3-,9-5+,10-6+,11-7?. The van der Waals surface area contributed by atoms with Gasteiger partial charge in [-0.05, 0) is 26.0 Å². The summed E-state index contributed by atoms with van der Waals surface area (Å²) in [5, 5.41) is 15.2. The molecule has 0 saturated carbocycles. The van der Waals surface area contributed by atoms with Crippen molar-refractivity contribution in [2.24, 2.45) is 0 Å². The van der Waals surface area contributed by atoms with Crippen molar-refractivity contribution in [1.29, 1.82) is 10.7 Å². The highest BCUT2D eigenvalue weighted by molar-refractivity contribution is 5.68. The minimum atomic E-state index is 0.678. The van der Waals surface area contributed by atoms with Crippen LogP contribution in [0, 0.1) is 16.7 Å². The minimum Gasteiger partial charge on any atom is -0.309 e. The molecule has 2 nitrogen and oxygen atoms in total. The van der Waals surface area contributed by atoms with Crippen LogP contribution >= 0.6 is 0 Å². The number of nitrogens with one attached hydrogen (secondary N) is 1. The van der Waals surface area contributed by atoms with Crippen LogP contribution in [0.2, 0.25) is 0 Å². The predicted octanol–water partition coefficient (Wildman–Crippen LogP) is 2.61.